The average Bonchev–Trinajstić information content (AvgIpc) is 3.00. The fraction of sp³-hybridized carbons (Fsp3) is 0.375. The van der Waals surface area contributed by atoms with Crippen LogP contribution in [-0.4, -0.2) is 35.5 Å². The molecule has 0 N–H and O–H groups in total. The van der Waals surface area contributed by atoms with Crippen molar-refractivity contribution in [2.45, 2.75) is 19.4 Å². The Labute approximate surface area is 128 Å². The molecule has 2 aromatic rings. The maximum absolute atomic E-state index is 12.4. The number of hydrogen-bond donors (Lipinski definition) is 0. The van der Waals surface area contributed by atoms with E-state index in [9.17, 15) is 4.79 Å². The summed E-state index contributed by atoms with van der Waals surface area (Å²) < 4.78 is 5.82. The maximum Gasteiger partial charge on any atom is 0.227 e. The first-order valence-corrected chi connectivity index (χ1v) is 7.99. The van der Waals surface area contributed by atoms with Crippen LogP contribution in [0.25, 0.3) is 0 Å². The number of aryl methyl sites for hydroxylation is 1. The quantitative estimate of drug-likeness (QED) is 0.875. The van der Waals surface area contributed by atoms with E-state index in [1.165, 1.54) is 0 Å². The number of ether oxygens (including phenoxy) is 1. The maximum atomic E-state index is 12.4. The van der Waals surface area contributed by atoms with Crippen molar-refractivity contribution in [1.82, 2.24) is 9.88 Å². The number of aromatic nitrogens is 1. The number of carbonyl (C=O) groups is 1. The first-order valence-electron chi connectivity index (χ1n) is 7.05. The summed E-state index contributed by atoms with van der Waals surface area (Å²) in [5, 5.41) is 4.03. The minimum absolute atomic E-state index is 0.0492. The third-order valence-corrected chi connectivity index (χ3v) is 4.38. The summed E-state index contributed by atoms with van der Waals surface area (Å²) in [4.78, 5) is 18.5. The van der Waals surface area contributed by atoms with Crippen molar-refractivity contribution in [2.24, 2.45) is 0 Å². The van der Waals surface area contributed by atoms with Gasteiger partial charge in [0.2, 0.25) is 5.91 Å². The summed E-state index contributed by atoms with van der Waals surface area (Å²) in [6.45, 7) is 3.84. The molecule has 2 aromatic heterocycles. The van der Waals surface area contributed by atoms with Crippen LogP contribution in [0, 0.1) is 6.92 Å². The van der Waals surface area contributed by atoms with Gasteiger partial charge in [-0.15, -0.1) is 0 Å². The highest BCUT2D eigenvalue weighted by Gasteiger charge is 2.25. The van der Waals surface area contributed by atoms with Crippen molar-refractivity contribution in [3.8, 4) is 0 Å². The summed E-state index contributed by atoms with van der Waals surface area (Å²) >= 11 is 1.62. The summed E-state index contributed by atoms with van der Waals surface area (Å²) in [6, 6.07) is 5.99. The number of amides is 1. The number of rotatable bonds is 3. The number of nitrogens with zero attached hydrogens (tertiary/aromatic N) is 2. The molecule has 1 saturated heterocycles. The van der Waals surface area contributed by atoms with Crippen molar-refractivity contribution < 1.29 is 9.53 Å². The molecule has 1 fully saturated rings. The van der Waals surface area contributed by atoms with Gasteiger partial charge >= 0.3 is 0 Å². The van der Waals surface area contributed by atoms with Gasteiger partial charge < -0.3 is 9.64 Å². The Morgan fingerprint density at radius 2 is 2.43 bits per heavy atom. The molecule has 0 spiro atoms. The lowest BCUT2D eigenvalue weighted by atomic mass is 10.1. The minimum atomic E-state index is -0.0492. The van der Waals surface area contributed by atoms with Crippen LogP contribution >= 0.6 is 11.3 Å². The van der Waals surface area contributed by atoms with Crippen molar-refractivity contribution in [2.75, 3.05) is 19.7 Å². The van der Waals surface area contributed by atoms with Crippen molar-refractivity contribution >= 4 is 17.2 Å². The molecule has 1 aliphatic rings. The van der Waals surface area contributed by atoms with Crippen LogP contribution < -0.4 is 0 Å². The minimum Gasteiger partial charge on any atom is -0.370 e. The smallest absolute Gasteiger partial charge is 0.227 e. The molecule has 0 aliphatic carbocycles. The lowest BCUT2D eigenvalue weighted by Gasteiger charge is -2.33. The van der Waals surface area contributed by atoms with Crippen molar-refractivity contribution in [1.29, 1.82) is 0 Å². The molecule has 4 nitrogen and oxygen atoms in total. The van der Waals surface area contributed by atoms with E-state index >= 15 is 0 Å². The van der Waals surface area contributed by atoms with Gasteiger partial charge in [-0.25, -0.2) is 0 Å². The van der Waals surface area contributed by atoms with E-state index in [0.717, 1.165) is 16.8 Å². The second-order valence-electron chi connectivity index (χ2n) is 5.24. The van der Waals surface area contributed by atoms with E-state index in [4.69, 9.17) is 4.74 Å². The highest BCUT2D eigenvalue weighted by molar-refractivity contribution is 7.07. The van der Waals surface area contributed by atoms with E-state index in [1.807, 2.05) is 40.8 Å². The first-order chi connectivity index (χ1) is 10.2. The zero-order chi connectivity index (χ0) is 14.7. The van der Waals surface area contributed by atoms with Crippen LogP contribution in [0.1, 0.15) is 22.9 Å². The summed E-state index contributed by atoms with van der Waals surface area (Å²) in [5.74, 6) is 0.174. The second kappa shape index (κ2) is 6.37. The zero-order valence-electron chi connectivity index (χ0n) is 12.0. The Kier molecular flexibility index (Phi) is 4.31. The highest BCUT2D eigenvalue weighted by atomic mass is 32.1. The molecule has 0 aromatic carbocycles. The van der Waals surface area contributed by atoms with E-state index in [2.05, 4.69) is 4.98 Å². The third kappa shape index (κ3) is 3.49. The predicted octanol–water partition coefficient (Wildman–Crippen LogP) is 2.59. The lowest BCUT2D eigenvalue weighted by molar-refractivity contribution is -0.138. The largest absolute Gasteiger partial charge is 0.370 e. The molecule has 0 bridgehead atoms. The molecule has 3 heterocycles. The number of morpholine rings is 1. The van der Waals surface area contributed by atoms with Crippen LogP contribution in [0.3, 0.4) is 0 Å². The first kappa shape index (κ1) is 14.2. The summed E-state index contributed by atoms with van der Waals surface area (Å²) in [7, 11) is 0. The molecule has 1 atom stereocenters. The zero-order valence-corrected chi connectivity index (χ0v) is 12.8. The molecular weight excluding hydrogens is 284 g/mol. The summed E-state index contributed by atoms with van der Waals surface area (Å²) in [6.07, 6.45) is 2.22. The van der Waals surface area contributed by atoms with Crippen LogP contribution in [0.4, 0.5) is 0 Å². The molecular formula is C16H18N2O2S. The standard InChI is InChI=1S/C16H18N2O2S/c1-12-8-14(2-4-17-12)15-10-18(5-6-20-15)16(19)9-13-3-7-21-11-13/h2-4,7-8,11,15H,5-6,9-10H2,1H3/t15-/m1/s1. The van der Waals surface area contributed by atoms with E-state index < -0.39 is 0 Å². The highest BCUT2D eigenvalue weighted by Crippen LogP contribution is 2.23. The van der Waals surface area contributed by atoms with Crippen LogP contribution in [-0.2, 0) is 16.0 Å². The van der Waals surface area contributed by atoms with Gasteiger partial charge in [0.25, 0.3) is 0 Å². The Bertz CT molecular complexity index is 612. The van der Waals surface area contributed by atoms with Crippen LogP contribution in [0.5, 0.6) is 0 Å². The van der Waals surface area contributed by atoms with Crippen LogP contribution in [0.2, 0.25) is 0 Å². The van der Waals surface area contributed by atoms with Gasteiger partial charge in [0, 0.05) is 18.4 Å². The number of hydrogen-bond acceptors (Lipinski definition) is 4. The average molecular weight is 302 g/mol. The van der Waals surface area contributed by atoms with Gasteiger partial charge in [0.05, 0.1) is 19.6 Å². The van der Waals surface area contributed by atoms with E-state index in [-0.39, 0.29) is 12.0 Å². The lowest BCUT2D eigenvalue weighted by Crippen LogP contribution is -2.42. The molecule has 3 rings (SSSR count). The second-order valence-corrected chi connectivity index (χ2v) is 6.02. The van der Waals surface area contributed by atoms with Crippen molar-refractivity contribution in [3.63, 3.8) is 0 Å². The van der Waals surface area contributed by atoms with Crippen molar-refractivity contribution in [3.05, 3.63) is 52.0 Å². The van der Waals surface area contributed by atoms with Gasteiger partial charge in [0.15, 0.2) is 0 Å². The van der Waals surface area contributed by atoms with E-state index in [1.54, 1.807) is 17.5 Å². The van der Waals surface area contributed by atoms with Gasteiger partial charge in [-0.1, -0.05) is 0 Å². The predicted molar refractivity (Wildman–Crippen MR) is 82.3 cm³/mol. The Balaban J connectivity index is 1.66. The van der Waals surface area contributed by atoms with Crippen LogP contribution in [0.15, 0.2) is 35.2 Å². The molecule has 5 heteroatoms. The fourth-order valence-corrected chi connectivity index (χ4v) is 3.19. The molecule has 0 radical (unpaired) electrons. The third-order valence-electron chi connectivity index (χ3n) is 3.65. The number of pyridine rings is 1. The van der Waals surface area contributed by atoms with Gasteiger partial charge in [-0.3, -0.25) is 9.78 Å². The van der Waals surface area contributed by atoms with E-state index in [0.29, 0.717) is 26.1 Å². The van der Waals surface area contributed by atoms with Gasteiger partial charge in [0.1, 0.15) is 6.10 Å². The fourth-order valence-electron chi connectivity index (χ4n) is 2.52. The Morgan fingerprint density at radius 3 is 3.19 bits per heavy atom. The number of carbonyl (C=O) groups excluding carboxylic acids is 1. The van der Waals surface area contributed by atoms with Gasteiger partial charge in [-0.2, -0.15) is 11.3 Å². The molecule has 1 aliphatic heterocycles. The van der Waals surface area contributed by atoms with Gasteiger partial charge in [-0.05, 0) is 47.0 Å². The molecule has 110 valence electrons. The Morgan fingerprint density at radius 1 is 1.52 bits per heavy atom. The normalized spacial score (nSPS) is 18.7. The molecule has 1 amide bonds. The molecule has 21 heavy (non-hydrogen) atoms. The Hall–Kier alpha value is -1.72. The summed E-state index contributed by atoms with van der Waals surface area (Å²) in [5.41, 5.74) is 3.15. The molecule has 0 saturated carbocycles. The number of thiophene rings is 1. The monoisotopic (exact) mass is 302 g/mol. The topological polar surface area (TPSA) is 42.4 Å². The SMILES string of the molecule is Cc1cc([C@H]2CN(C(=O)Cc3ccsc3)CCO2)ccn1. The molecule has 0 unspecified atom stereocenters.